The van der Waals surface area contributed by atoms with Gasteiger partial charge in [-0.2, -0.15) is 10.4 Å². The highest BCUT2D eigenvalue weighted by Crippen LogP contribution is 2.37. The van der Waals surface area contributed by atoms with Crippen LogP contribution in [0.2, 0.25) is 0 Å². The molecule has 0 unspecified atom stereocenters. The molecule has 6 N–H and O–H groups in total. The molecule has 0 radical (unpaired) electrons. The summed E-state index contributed by atoms with van der Waals surface area (Å²) in [7, 11) is 0. The monoisotopic (exact) mass is 142 g/mol. The van der Waals surface area contributed by atoms with Gasteiger partial charge in [0.2, 0.25) is 0 Å². The molecule has 7 heavy (non-hydrogen) atoms. The van der Waals surface area contributed by atoms with E-state index in [1.165, 1.54) is 0 Å². The molecular weight excluding hydrogens is 135 g/mol. The van der Waals surface area contributed by atoms with Crippen LogP contribution in [-0.4, -0.2) is 0 Å². The minimum atomic E-state index is -2.90. The Balaban J connectivity index is 3.61. The molecule has 0 aromatic heterocycles. The molecular formula is H7N4OPS. The van der Waals surface area contributed by atoms with Gasteiger partial charge >= 0.3 is 0 Å². The second-order valence-electron chi connectivity index (χ2n) is 0.834. The summed E-state index contributed by atoms with van der Waals surface area (Å²) in [5.74, 6) is 9.37. The van der Waals surface area contributed by atoms with Gasteiger partial charge in [-0.15, -0.1) is 0 Å². The summed E-state index contributed by atoms with van der Waals surface area (Å²) < 4.78 is 10.3. The second kappa shape index (κ2) is 2.66. The van der Waals surface area contributed by atoms with E-state index in [1.54, 1.807) is 0 Å². The van der Waals surface area contributed by atoms with Crippen molar-refractivity contribution in [2.75, 3.05) is 0 Å². The molecule has 0 spiro atoms. The Morgan fingerprint density at radius 2 is 1.71 bits per heavy atom. The summed E-state index contributed by atoms with van der Waals surface area (Å²) in [6.07, 6.45) is 0. The van der Waals surface area contributed by atoms with Crippen LogP contribution < -0.4 is 22.1 Å². The summed E-state index contributed by atoms with van der Waals surface area (Å²) in [6, 6.07) is 0. The number of rotatable bonds is 2. The Morgan fingerprint density at radius 1 is 1.43 bits per heavy atom. The minimum absolute atomic E-state index is 1.87. The molecule has 0 atom stereocenters. The third-order valence-electron chi connectivity index (χ3n) is 0.350. The van der Waals surface area contributed by atoms with Crippen molar-refractivity contribution in [2.45, 2.75) is 0 Å². The first-order chi connectivity index (χ1) is 3.12. The molecule has 0 saturated heterocycles. The Kier molecular flexibility index (Phi) is 2.82. The maximum Gasteiger partial charge on any atom is 0.289 e. The van der Waals surface area contributed by atoms with Crippen molar-refractivity contribution in [2.24, 2.45) is 11.7 Å². The molecule has 5 nitrogen and oxygen atoms in total. The lowest BCUT2D eigenvalue weighted by Crippen LogP contribution is -2.28. The Hall–Kier alpha value is 0.420. The Morgan fingerprint density at radius 3 is 1.71 bits per heavy atom. The van der Waals surface area contributed by atoms with Crippen molar-refractivity contribution in [1.82, 2.24) is 10.4 Å². The predicted molar refractivity (Wildman–Crippen MR) is 31.2 cm³/mol. The molecule has 44 valence electrons. The van der Waals surface area contributed by atoms with Crippen molar-refractivity contribution in [1.29, 1.82) is 0 Å². The molecule has 0 rings (SSSR count). The molecule has 0 fully saturated rings. The molecule has 0 heterocycles. The van der Waals surface area contributed by atoms with Crippen molar-refractivity contribution < 1.29 is 4.57 Å². The first-order valence-electron chi connectivity index (χ1n) is 1.41. The standard InChI is InChI=1S/H7N4OPS/c1-3-6(5,7)4-2/h1-2H2,(H3,3,4,5,7). The van der Waals surface area contributed by atoms with Crippen LogP contribution in [0, 0.1) is 0 Å². The van der Waals surface area contributed by atoms with E-state index in [2.05, 4.69) is 23.9 Å². The van der Waals surface area contributed by atoms with Crippen molar-refractivity contribution >= 4 is 18.9 Å². The first kappa shape index (κ1) is 7.42. The average molecular weight is 142 g/mol. The Labute approximate surface area is 46.4 Å². The molecule has 0 aliphatic carbocycles. The van der Waals surface area contributed by atoms with Gasteiger partial charge in [-0.25, -0.2) is 0 Å². The SMILES string of the molecule is NNP(=O)(S)NN. The third kappa shape index (κ3) is 3.04. The second-order valence-corrected chi connectivity index (χ2v) is 4.19. The average Bonchev–Trinajstić information content (AvgIpc) is 1.68. The molecule has 0 bridgehead atoms. The van der Waals surface area contributed by atoms with Gasteiger partial charge in [-0.1, -0.05) is 12.2 Å². The number of hydrogen-bond donors (Lipinski definition) is 5. The van der Waals surface area contributed by atoms with Gasteiger partial charge in [0, 0.05) is 0 Å². The van der Waals surface area contributed by atoms with Crippen LogP contribution in [0.1, 0.15) is 0 Å². The van der Waals surface area contributed by atoms with Gasteiger partial charge in [0.25, 0.3) is 6.65 Å². The zero-order chi connectivity index (χ0) is 5.91. The number of hydrazine groups is 2. The largest absolute Gasteiger partial charge is 0.289 e. The minimum Gasteiger partial charge on any atom is -0.275 e. The van der Waals surface area contributed by atoms with Crippen LogP contribution in [-0.2, 0) is 4.57 Å². The van der Waals surface area contributed by atoms with E-state index in [4.69, 9.17) is 0 Å². The van der Waals surface area contributed by atoms with E-state index in [-0.39, 0.29) is 0 Å². The van der Waals surface area contributed by atoms with E-state index in [1.807, 2.05) is 10.4 Å². The van der Waals surface area contributed by atoms with Crippen LogP contribution in [0.5, 0.6) is 0 Å². The molecule has 0 aromatic carbocycles. The van der Waals surface area contributed by atoms with E-state index in [9.17, 15) is 4.57 Å². The topological polar surface area (TPSA) is 93.2 Å². The lowest BCUT2D eigenvalue weighted by Gasteiger charge is -2.04. The fraction of sp³-hybridized carbons (Fsp3) is 0. The van der Waals surface area contributed by atoms with Crippen LogP contribution in [0.25, 0.3) is 0 Å². The van der Waals surface area contributed by atoms with Gasteiger partial charge in [0.05, 0.1) is 0 Å². The third-order valence-corrected chi connectivity index (χ3v) is 1.74. The van der Waals surface area contributed by atoms with Gasteiger partial charge in [-0.05, 0) is 0 Å². The molecule has 0 amide bonds. The molecule has 0 aromatic rings. The Bertz CT molecular complexity index is 83.7. The van der Waals surface area contributed by atoms with E-state index in [0.717, 1.165) is 0 Å². The van der Waals surface area contributed by atoms with Crippen molar-refractivity contribution in [3.8, 4) is 0 Å². The van der Waals surface area contributed by atoms with E-state index >= 15 is 0 Å². The number of hydrogen-bond acceptors (Lipinski definition) is 3. The lowest BCUT2D eigenvalue weighted by molar-refractivity contribution is 0.569. The fourth-order valence-electron chi connectivity index (χ4n) is 0.0373. The number of thiol groups is 1. The maximum atomic E-state index is 10.3. The summed E-state index contributed by atoms with van der Waals surface area (Å²) >= 11 is 3.47. The highest BCUT2D eigenvalue weighted by atomic mass is 32.7. The molecule has 7 heteroatoms. The van der Waals surface area contributed by atoms with Crippen molar-refractivity contribution in [3.63, 3.8) is 0 Å². The van der Waals surface area contributed by atoms with E-state index in [0.29, 0.717) is 0 Å². The molecule has 0 saturated carbocycles. The smallest absolute Gasteiger partial charge is 0.275 e. The summed E-state index contributed by atoms with van der Waals surface area (Å²) in [6.45, 7) is -2.90. The zero-order valence-corrected chi connectivity index (χ0v) is 5.25. The highest BCUT2D eigenvalue weighted by Gasteiger charge is 2.07. The van der Waals surface area contributed by atoms with E-state index < -0.39 is 6.65 Å². The highest BCUT2D eigenvalue weighted by molar-refractivity contribution is 8.46. The van der Waals surface area contributed by atoms with Crippen LogP contribution in [0.15, 0.2) is 0 Å². The quantitative estimate of drug-likeness (QED) is 0.147. The maximum absolute atomic E-state index is 10.3. The van der Waals surface area contributed by atoms with Gasteiger partial charge in [0.1, 0.15) is 0 Å². The first-order valence-corrected chi connectivity index (χ1v) is 4.27. The van der Waals surface area contributed by atoms with Gasteiger partial charge < -0.3 is 0 Å². The number of nitrogens with one attached hydrogen (secondary N) is 2. The normalized spacial score (nSPS) is 11.9. The van der Waals surface area contributed by atoms with Gasteiger partial charge in [-0.3, -0.25) is 16.3 Å². The zero-order valence-electron chi connectivity index (χ0n) is 3.46. The summed E-state index contributed by atoms with van der Waals surface area (Å²) in [5, 5.41) is 3.75. The van der Waals surface area contributed by atoms with Crippen LogP contribution >= 0.6 is 18.9 Å². The number of nitrogens with two attached hydrogens (primary N) is 2. The van der Waals surface area contributed by atoms with Crippen LogP contribution in [0.3, 0.4) is 0 Å². The summed E-state index contributed by atoms with van der Waals surface area (Å²) in [5.41, 5.74) is 0. The lowest BCUT2D eigenvalue weighted by atomic mass is 12.9. The molecule has 0 aliphatic rings. The predicted octanol–water partition coefficient (Wildman–Crippen LogP) is -1.05. The van der Waals surface area contributed by atoms with Crippen molar-refractivity contribution in [3.05, 3.63) is 0 Å². The van der Waals surface area contributed by atoms with Gasteiger partial charge in [0.15, 0.2) is 0 Å². The summed E-state index contributed by atoms with van der Waals surface area (Å²) in [4.78, 5) is 0. The fourth-order valence-corrected chi connectivity index (χ4v) is 0.112. The van der Waals surface area contributed by atoms with Crippen LogP contribution in [0.4, 0.5) is 0 Å². The molecule has 0 aliphatic heterocycles.